The van der Waals surface area contributed by atoms with Crippen LogP contribution in [0.15, 0.2) is 21.3 Å². The van der Waals surface area contributed by atoms with Gasteiger partial charge in [-0.2, -0.15) is 0 Å². The number of halogens is 1. The Morgan fingerprint density at radius 1 is 1.14 bits per heavy atom. The minimum Gasteiger partial charge on any atom is -0.393 e. The molecule has 6 atom stereocenters. The van der Waals surface area contributed by atoms with Gasteiger partial charge in [0.2, 0.25) is 0 Å². The van der Waals surface area contributed by atoms with E-state index in [0.717, 1.165) is 24.2 Å². The van der Waals surface area contributed by atoms with Gasteiger partial charge in [-0.05, 0) is 111 Å². The second kappa shape index (κ2) is 4.83. The van der Waals surface area contributed by atoms with Crippen molar-refractivity contribution in [2.75, 3.05) is 0 Å². The van der Waals surface area contributed by atoms with Crippen molar-refractivity contribution in [1.82, 2.24) is 0 Å². The minimum absolute atomic E-state index is 0.0474. The van der Waals surface area contributed by atoms with Crippen molar-refractivity contribution >= 4 is 22.6 Å². The summed E-state index contributed by atoms with van der Waals surface area (Å²) in [7, 11) is 0. The lowest BCUT2D eigenvalue weighted by Crippen LogP contribution is -2.50. The molecule has 1 unspecified atom stereocenters. The van der Waals surface area contributed by atoms with Crippen LogP contribution in [0, 0.1) is 28.6 Å². The number of rotatable bonds is 0. The summed E-state index contributed by atoms with van der Waals surface area (Å²) < 4.78 is 1.53. The van der Waals surface area contributed by atoms with Gasteiger partial charge in [0.25, 0.3) is 0 Å². The molecule has 0 amide bonds. The zero-order valence-electron chi connectivity index (χ0n) is 13.2. The van der Waals surface area contributed by atoms with Crippen LogP contribution in [0.2, 0.25) is 0 Å². The maximum Gasteiger partial charge on any atom is 0.0596 e. The molecule has 2 fully saturated rings. The number of hydrogen-bond donors (Lipinski definition) is 1. The summed E-state index contributed by atoms with van der Waals surface area (Å²) in [4.78, 5) is 0. The van der Waals surface area contributed by atoms with Crippen LogP contribution in [0.5, 0.6) is 0 Å². The molecule has 4 aliphatic rings. The highest BCUT2D eigenvalue weighted by atomic mass is 127. The smallest absolute Gasteiger partial charge is 0.0596 e. The highest BCUT2D eigenvalue weighted by molar-refractivity contribution is 14.1. The van der Waals surface area contributed by atoms with E-state index < -0.39 is 0 Å². The summed E-state index contributed by atoms with van der Waals surface area (Å²) in [5.74, 6) is 2.42. The van der Waals surface area contributed by atoms with E-state index in [2.05, 4.69) is 48.6 Å². The van der Waals surface area contributed by atoms with Gasteiger partial charge in [0.05, 0.1) is 6.10 Å². The first kappa shape index (κ1) is 14.7. The zero-order chi connectivity index (χ0) is 14.8. The first-order valence-electron chi connectivity index (χ1n) is 8.70. The first-order valence-corrected chi connectivity index (χ1v) is 9.78. The van der Waals surface area contributed by atoms with Gasteiger partial charge in [0, 0.05) is 0 Å². The molecule has 0 spiro atoms. The van der Waals surface area contributed by atoms with E-state index in [-0.39, 0.29) is 11.5 Å². The Morgan fingerprint density at radius 2 is 1.95 bits per heavy atom. The zero-order valence-corrected chi connectivity index (χ0v) is 15.4. The molecule has 0 aromatic rings. The van der Waals surface area contributed by atoms with Gasteiger partial charge in [0.1, 0.15) is 0 Å². The third-order valence-corrected chi connectivity index (χ3v) is 8.52. The lowest BCUT2D eigenvalue weighted by molar-refractivity contribution is -0.0624. The van der Waals surface area contributed by atoms with Gasteiger partial charge >= 0.3 is 0 Å². The number of allylic oxidation sites excluding steroid dienone is 4. The van der Waals surface area contributed by atoms with Crippen molar-refractivity contribution in [1.29, 1.82) is 0 Å². The van der Waals surface area contributed by atoms with Crippen molar-refractivity contribution < 1.29 is 5.11 Å². The van der Waals surface area contributed by atoms with Crippen LogP contribution in [-0.2, 0) is 0 Å². The highest BCUT2D eigenvalue weighted by Crippen LogP contribution is 2.64. The fourth-order valence-corrected chi connectivity index (χ4v) is 6.87. The molecule has 0 saturated heterocycles. The molecular formula is C19H27IO. The number of aliphatic hydroxyl groups is 1. The van der Waals surface area contributed by atoms with Gasteiger partial charge in [-0.1, -0.05) is 19.9 Å². The van der Waals surface area contributed by atoms with Crippen LogP contribution in [0.4, 0.5) is 0 Å². The molecule has 21 heavy (non-hydrogen) atoms. The van der Waals surface area contributed by atoms with E-state index in [1.165, 1.54) is 42.1 Å². The predicted molar refractivity (Wildman–Crippen MR) is 95.2 cm³/mol. The van der Waals surface area contributed by atoms with E-state index in [0.29, 0.717) is 5.41 Å². The predicted octanol–water partition coefficient (Wildman–Crippen LogP) is 5.24. The average Bonchev–Trinajstić information content (AvgIpc) is 2.76. The van der Waals surface area contributed by atoms with Crippen molar-refractivity contribution in [3.05, 3.63) is 21.3 Å². The quantitative estimate of drug-likeness (QED) is 0.554. The van der Waals surface area contributed by atoms with Crippen molar-refractivity contribution in [3.63, 3.8) is 0 Å². The first-order chi connectivity index (χ1) is 9.95. The third-order valence-electron chi connectivity index (χ3n) is 7.67. The van der Waals surface area contributed by atoms with E-state index in [1.54, 1.807) is 5.57 Å². The van der Waals surface area contributed by atoms with E-state index >= 15 is 0 Å². The largest absolute Gasteiger partial charge is 0.393 e. The van der Waals surface area contributed by atoms with Gasteiger partial charge < -0.3 is 5.11 Å². The van der Waals surface area contributed by atoms with Crippen molar-refractivity contribution in [3.8, 4) is 0 Å². The standard InChI is InChI=1S/C19H27IO/c1-18-9-7-13(20)11-12(18)3-4-14-15-5-6-17(21)19(15,2)10-8-16(14)18/h3,11,14-17,21H,4-10H2,1-2H3/t14-,15-,16-,17?,18-,19-/m0/s1. The molecule has 2 saturated carbocycles. The number of aliphatic hydroxyl groups excluding tert-OH is 1. The molecule has 4 aliphatic carbocycles. The van der Waals surface area contributed by atoms with Gasteiger partial charge in [-0.15, -0.1) is 0 Å². The summed E-state index contributed by atoms with van der Waals surface area (Å²) in [6, 6.07) is 0. The van der Waals surface area contributed by atoms with E-state index in [1.807, 2.05) is 0 Å². The van der Waals surface area contributed by atoms with Gasteiger partial charge in [-0.25, -0.2) is 0 Å². The third kappa shape index (κ3) is 1.97. The maximum absolute atomic E-state index is 10.5. The van der Waals surface area contributed by atoms with Crippen LogP contribution in [0.3, 0.4) is 0 Å². The Hall–Kier alpha value is 0.170. The minimum atomic E-state index is -0.0474. The molecule has 0 aromatic heterocycles. The average molecular weight is 398 g/mol. The lowest BCUT2D eigenvalue weighted by Gasteiger charge is -2.56. The Kier molecular flexibility index (Phi) is 3.39. The Morgan fingerprint density at radius 3 is 2.76 bits per heavy atom. The lowest BCUT2D eigenvalue weighted by atomic mass is 9.49. The fourth-order valence-electron chi connectivity index (χ4n) is 6.26. The van der Waals surface area contributed by atoms with E-state index in [9.17, 15) is 5.11 Å². The molecule has 1 N–H and O–H groups in total. The van der Waals surface area contributed by atoms with Crippen LogP contribution in [0.25, 0.3) is 0 Å². The number of fused-ring (bicyclic) bond motifs is 5. The molecule has 0 aromatic carbocycles. The van der Waals surface area contributed by atoms with E-state index in [4.69, 9.17) is 0 Å². The number of hydrogen-bond acceptors (Lipinski definition) is 1. The van der Waals surface area contributed by atoms with Crippen LogP contribution < -0.4 is 0 Å². The molecule has 116 valence electrons. The second-order valence-corrected chi connectivity index (χ2v) is 9.80. The molecule has 4 rings (SSSR count). The summed E-state index contributed by atoms with van der Waals surface area (Å²) in [6.07, 6.45) is 13.7. The van der Waals surface area contributed by atoms with Crippen LogP contribution in [-0.4, -0.2) is 11.2 Å². The molecule has 0 bridgehead atoms. The van der Waals surface area contributed by atoms with Crippen LogP contribution in [0.1, 0.15) is 58.8 Å². The van der Waals surface area contributed by atoms with Gasteiger partial charge in [-0.3, -0.25) is 0 Å². The van der Waals surface area contributed by atoms with Crippen molar-refractivity contribution in [2.45, 2.75) is 64.9 Å². The Labute approximate surface area is 142 Å². The molecule has 0 heterocycles. The summed E-state index contributed by atoms with van der Waals surface area (Å²) in [6.45, 7) is 4.90. The Bertz CT molecular complexity index is 522. The normalized spacial score (nSPS) is 52.4. The monoisotopic (exact) mass is 398 g/mol. The molecule has 2 heteroatoms. The SMILES string of the molecule is C[C@]12CCC(I)=CC1=CC[C@@H]1[C@@H]2CC[C@]2(C)C(O)CC[C@@H]12. The Balaban J connectivity index is 1.72. The molecule has 1 nitrogen and oxygen atoms in total. The van der Waals surface area contributed by atoms with Crippen LogP contribution >= 0.6 is 22.6 Å². The maximum atomic E-state index is 10.5. The summed E-state index contributed by atoms with van der Waals surface area (Å²) in [5, 5.41) is 10.5. The topological polar surface area (TPSA) is 20.2 Å². The van der Waals surface area contributed by atoms with Gasteiger partial charge in [0.15, 0.2) is 0 Å². The molecule has 0 aliphatic heterocycles. The summed E-state index contributed by atoms with van der Waals surface area (Å²) >= 11 is 2.52. The summed E-state index contributed by atoms with van der Waals surface area (Å²) in [5.41, 5.74) is 2.25. The molecular weight excluding hydrogens is 371 g/mol. The molecule has 0 radical (unpaired) electrons. The second-order valence-electron chi connectivity index (χ2n) is 8.42. The fraction of sp³-hybridized carbons (Fsp3) is 0.789. The highest BCUT2D eigenvalue weighted by Gasteiger charge is 2.57. The van der Waals surface area contributed by atoms with Crippen molar-refractivity contribution in [2.24, 2.45) is 28.6 Å².